The highest BCUT2D eigenvalue weighted by Gasteiger charge is 2.41. The Morgan fingerprint density at radius 3 is 2.07 bits per heavy atom. The minimum atomic E-state index is -5.05. The van der Waals surface area contributed by atoms with Crippen LogP contribution in [0.1, 0.15) is 74.2 Å². The van der Waals surface area contributed by atoms with Crippen LogP contribution in [-0.4, -0.2) is 30.6 Å². The smallest absolute Gasteiger partial charge is 0.453 e. The summed E-state index contributed by atoms with van der Waals surface area (Å²) < 4.78 is 65.6. The first-order valence-corrected chi connectivity index (χ1v) is 15.2. The second-order valence-electron chi connectivity index (χ2n) is 10.6. The molecule has 0 saturated heterocycles. The molecule has 0 radical (unpaired) electrons. The molecular weight excluding hydrogens is 587 g/mol. The maximum atomic E-state index is 14.5. The van der Waals surface area contributed by atoms with Crippen molar-refractivity contribution >= 4 is 16.9 Å². The average Bonchev–Trinajstić information content (AvgIpc) is 3.00. The number of esters is 1. The van der Waals surface area contributed by atoms with Crippen LogP contribution in [0, 0.1) is 0 Å². The Labute approximate surface area is 260 Å². The highest BCUT2D eigenvalue weighted by atomic mass is 19.4. The van der Waals surface area contributed by atoms with E-state index in [0.717, 1.165) is 31.2 Å². The Kier molecular flexibility index (Phi) is 11.3. The highest BCUT2D eigenvalue weighted by Crippen LogP contribution is 2.40. The van der Waals surface area contributed by atoms with E-state index in [1.807, 2.05) is 32.6 Å². The number of halogens is 3. The molecule has 7 nitrogen and oxygen atoms in total. The monoisotopic (exact) mass is 625 g/mol. The van der Waals surface area contributed by atoms with Crippen LogP contribution in [-0.2, 0) is 19.1 Å². The topological polar surface area (TPSA) is 78.2 Å². The molecule has 0 aliphatic carbocycles. The Morgan fingerprint density at radius 2 is 1.49 bits per heavy atom. The summed E-state index contributed by atoms with van der Waals surface area (Å²) in [5.41, 5.74) is 0.0741. The minimum Gasteiger partial charge on any atom is -0.494 e. The normalized spacial score (nSPS) is 11.6. The lowest BCUT2D eigenvalue weighted by molar-refractivity contribution is -0.154. The molecule has 0 aliphatic heterocycles. The zero-order chi connectivity index (χ0) is 32.6. The van der Waals surface area contributed by atoms with Crippen molar-refractivity contribution in [3.63, 3.8) is 0 Å². The van der Waals surface area contributed by atoms with E-state index in [4.69, 9.17) is 18.6 Å². The molecule has 3 aromatic carbocycles. The van der Waals surface area contributed by atoms with Gasteiger partial charge in [0.2, 0.25) is 11.2 Å². The van der Waals surface area contributed by atoms with Crippen molar-refractivity contribution in [1.29, 1.82) is 0 Å². The van der Waals surface area contributed by atoms with E-state index in [-0.39, 0.29) is 40.1 Å². The number of hydrogen-bond donors (Lipinski definition) is 0. The Balaban J connectivity index is 1.84. The molecule has 0 bridgehead atoms. The molecule has 0 spiro atoms. The summed E-state index contributed by atoms with van der Waals surface area (Å²) in [6.07, 6.45) is -1.80. The summed E-state index contributed by atoms with van der Waals surface area (Å²) in [4.78, 5) is 28.8. The quantitative estimate of drug-likeness (QED) is 0.102. The molecule has 0 N–H and O–H groups in total. The van der Waals surface area contributed by atoms with Crippen molar-refractivity contribution < 1.29 is 36.6 Å². The maximum absolute atomic E-state index is 14.5. The number of aryl methyl sites for hydroxylation is 1. The zero-order valence-electron chi connectivity index (χ0n) is 26.0. The van der Waals surface area contributed by atoms with E-state index in [1.165, 1.54) is 36.4 Å². The summed E-state index contributed by atoms with van der Waals surface area (Å²) in [5, 5.41) is -0.121. The molecule has 45 heavy (non-hydrogen) atoms. The second-order valence-corrected chi connectivity index (χ2v) is 10.6. The van der Waals surface area contributed by atoms with Crippen LogP contribution < -0.4 is 19.6 Å². The van der Waals surface area contributed by atoms with Gasteiger partial charge in [0.25, 0.3) is 5.76 Å². The van der Waals surface area contributed by atoms with Gasteiger partial charge in [-0.2, -0.15) is 13.2 Å². The number of alkyl halides is 3. The summed E-state index contributed by atoms with van der Waals surface area (Å²) in [6, 6.07) is 15.6. The first kappa shape index (κ1) is 33.6. The van der Waals surface area contributed by atoms with E-state index < -0.39 is 29.1 Å². The van der Waals surface area contributed by atoms with Crippen LogP contribution in [0.3, 0.4) is 0 Å². The average molecular weight is 626 g/mol. The predicted octanol–water partition coefficient (Wildman–Crippen LogP) is 8.80. The standard InChI is InChI=1S/C35H38F3NO6/c1-5-9-23-10-14-26(15-11-23)43-32-30(40)27-18-19-29(44-34(41)24-12-16-25(17-13-24)42-8-4)28(22-39(20-6-2)21-7-3)31(27)45-33(32)35(36,37)38/h10-19H,5-9,20-22H2,1-4H3. The van der Waals surface area contributed by atoms with Gasteiger partial charge in [-0.3, -0.25) is 9.69 Å². The van der Waals surface area contributed by atoms with E-state index in [0.29, 0.717) is 25.4 Å². The molecule has 10 heteroatoms. The highest BCUT2D eigenvalue weighted by molar-refractivity contribution is 5.92. The fourth-order valence-electron chi connectivity index (χ4n) is 5.07. The van der Waals surface area contributed by atoms with E-state index in [9.17, 15) is 22.8 Å². The molecule has 240 valence electrons. The Morgan fingerprint density at radius 1 is 0.844 bits per heavy atom. The van der Waals surface area contributed by atoms with Crippen LogP contribution in [0.25, 0.3) is 11.0 Å². The fourth-order valence-corrected chi connectivity index (χ4v) is 5.07. The van der Waals surface area contributed by atoms with Crippen LogP contribution in [0.2, 0.25) is 0 Å². The predicted molar refractivity (Wildman–Crippen MR) is 166 cm³/mol. The van der Waals surface area contributed by atoms with Gasteiger partial charge in [0.05, 0.1) is 23.1 Å². The van der Waals surface area contributed by atoms with Crippen molar-refractivity contribution in [2.45, 2.75) is 66.1 Å². The number of benzene rings is 3. The third-order valence-electron chi connectivity index (χ3n) is 7.08. The molecule has 0 unspecified atom stereocenters. The third-order valence-corrected chi connectivity index (χ3v) is 7.08. The molecule has 0 atom stereocenters. The number of fused-ring (bicyclic) bond motifs is 1. The molecule has 0 saturated carbocycles. The van der Waals surface area contributed by atoms with Gasteiger partial charge in [-0.15, -0.1) is 0 Å². The largest absolute Gasteiger partial charge is 0.494 e. The first-order valence-electron chi connectivity index (χ1n) is 15.2. The Hall–Kier alpha value is -4.31. The molecule has 1 heterocycles. The van der Waals surface area contributed by atoms with Crippen LogP contribution in [0.4, 0.5) is 13.2 Å². The summed E-state index contributed by atoms with van der Waals surface area (Å²) in [5.74, 6) is -2.60. The molecule has 4 rings (SSSR count). The molecule has 0 aliphatic rings. The Bertz CT molecular complexity index is 1640. The molecule has 0 fully saturated rings. The lowest BCUT2D eigenvalue weighted by Crippen LogP contribution is -2.26. The second kappa shape index (κ2) is 15.1. The summed E-state index contributed by atoms with van der Waals surface area (Å²) in [6.45, 7) is 9.63. The third kappa shape index (κ3) is 8.25. The minimum absolute atomic E-state index is 0.00459. The molecular formula is C35H38F3NO6. The van der Waals surface area contributed by atoms with Gasteiger partial charge in [-0.05, 0) is 93.4 Å². The SMILES string of the molecule is CCCc1ccc(Oc2c(C(F)(F)F)oc3c(CN(CCC)CCC)c(OC(=O)c4ccc(OCC)cc4)ccc3c2=O)cc1. The number of rotatable bonds is 14. The van der Waals surface area contributed by atoms with Gasteiger partial charge >= 0.3 is 12.1 Å². The van der Waals surface area contributed by atoms with Gasteiger partial charge in [-0.1, -0.05) is 39.3 Å². The fraction of sp³-hybridized carbons (Fsp3) is 0.371. The molecule has 0 amide bonds. The van der Waals surface area contributed by atoms with Crippen LogP contribution >= 0.6 is 0 Å². The summed E-state index contributed by atoms with van der Waals surface area (Å²) in [7, 11) is 0. The number of nitrogens with zero attached hydrogens (tertiary/aromatic N) is 1. The zero-order valence-corrected chi connectivity index (χ0v) is 26.0. The lowest BCUT2D eigenvalue weighted by atomic mass is 10.1. The van der Waals surface area contributed by atoms with Crippen molar-refractivity contribution in [3.8, 4) is 23.0 Å². The lowest BCUT2D eigenvalue weighted by Gasteiger charge is -2.23. The van der Waals surface area contributed by atoms with Gasteiger partial charge < -0.3 is 18.6 Å². The molecule has 4 aromatic rings. The van der Waals surface area contributed by atoms with Crippen molar-refractivity contribution in [1.82, 2.24) is 4.90 Å². The van der Waals surface area contributed by atoms with Crippen LogP contribution in [0.15, 0.2) is 69.9 Å². The number of carbonyl (C=O) groups is 1. The van der Waals surface area contributed by atoms with Crippen molar-refractivity contribution in [2.75, 3.05) is 19.7 Å². The number of carbonyl (C=O) groups excluding carboxylic acids is 1. The van der Waals surface area contributed by atoms with Gasteiger partial charge in [0.1, 0.15) is 22.8 Å². The molecule has 1 aromatic heterocycles. The van der Waals surface area contributed by atoms with Crippen LogP contribution in [0.5, 0.6) is 23.0 Å². The summed E-state index contributed by atoms with van der Waals surface area (Å²) >= 11 is 0. The van der Waals surface area contributed by atoms with Gasteiger partial charge in [0, 0.05) is 6.54 Å². The first-order chi connectivity index (χ1) is 21.6. The van der Waals surface area contributed by atoms with Gasteiger partial charge in [0.15, 0.2) is 0 Å². The number of hydrogen-bond acceptors (Lipinski definition) is 7. The van der Waals surface area contributed by atoms with Gasteiger partial charge in [-0.25, -0.2) is 4.79 Å². The number of ether oxygens (including phenoxy) is 3. The van der Waals surface area contributed by atoms with E-state index in [1.54, 1.807) is 24.3 Å². The van der Waals surface area contributed by atoms with Crippen molar-refractivity contribution in [2.24, 2.45) is 0 Å². The van der Waals surface area contributed by atoms with E-state index >= 15 is 0 Å². The maximum Gasteiger partial charge on any atom is 0.453 e. The van der Waals surface area contributed by atoms with E-state index in [2.05, 4.69) is 0 Å². The van der Waals surface area contributed by atoms with Crippen molar-refractivity contribution in [3.05, 3.63) is 93.3 Å².